The fourth-order valence-electron chi connectivity index (χ4n) is 4.62. The van der Waals surface area contributed by atoms with Crippen LogP contribution < -0.4 is 5.32 Å². The highest BCUT2D eigenvalue weighted by Gasteiger charge is 2.55. The Morgan fingerprint density at radius 2 is 1.96 bits per heavy atom. The standard InChI is InChI=1S/C20H28N2O2S/c1-3-16(9-15-7-5-4-6-8-15)18-10-19(18)21-17-11-20(12-17)13-22(14-20)25(2,23)24/h4-9,17-19,21H,3,10-14H2,1-2H3/b16-9+/t18-,19+/m0/s1. The molecule has 1 aliphatic heterocycles. The van der Waals surface area contributed by atoms with Crippen molar-refractivity contribution in [3.8, 4) is 0 Å². The molecule has 136 valence electrons. The Kier molecular flexibility index (Phi) is 4.29. The molecule has 2 saturated carbocycles. The third-order valence-electron chi connectivity index (χ3n) is 6.13. The van der Waals surface area contributed by atoms with E-state index in [9.17, 15) is 8.42 Å². The van der Waals surface area contributed by atoms with E-state index in [2.05, 4.69) is 48.6 Å². The number of rotatable bonds is 6. The third-order valence-corrected chi connectivity index (χ3v) is 7.32. The van der Waals surface area contributed by atoms with Crippen molar-refractivity contribution in [3.63, 3.8) is 0 Å². The van der Waals surface area contributed by atoms with Gasteiger partial charge in [-0.1, -0.05) is 48.9 Å². The van der Waals surface area contributed by atoms with Crippen LogP contribution in [0, 0.1) is 11.3 Å². The van der Waals surface area contributed by atoms with Crippen molar-refractivity contribution in [2.45, 2.75) is 44.7 Å². The van der Waals surface area contributed by atoms with Crippen LogP contribution in [0.5, 0.6) is 0 Å². The van der Waals surface area contributed by atoms with E-state index in [0.29, 0.717) is 18.0 Å². The summed E-state index contributed by atoms with van der Waals surface area (Å²) in [5.74, 6) is 0.677. The van der Waals surface area contributed by atoms with Gasteiger partial charge in [0.15, 0.2) is 0 Å². The average Bonchev–Trinajstić information content (AvgIpc) is 3.24. The normalized spacial score (nSPS) is 29.3. The maximum Gasteiger partial charge on any atom is 0.211 e. The zero-order valence-electron chi connectivity index (χ0n) is 15.1. The minimum atomic E-state index is -2.99. The van der Waals surface area contributed by atoms with Crippen LogP contribution in [0.1, 0.15) is 38.2 Å². The van der Waals surface area contributed by atoms with Gasteiger partial charge in [-0.25, -0.2) is 12.7 Å². The van der Waals surface area contributed by atoms with Crippen molar-refractivity contribution in [1.29, 1.82) is 0 Å². The predicted molar refractivity (Wildman–Crippen MR) is 102 cm³/mol. The Morgan fingerprint density at radius 1 is 1.28 bits per heavy atom. The molecule has 1 aromatic carbocycles. The molecule has 25 heavy (non-hydrogen) atoms. The van der Waals surface area contributed by atoms with Crippen molar-refractivity contribution in [1.82, 2.24) is 9.62 Å². The van der Waals surface area contributed by atoms with E-state index in [1.165, 1.54) is 18.2 Å². The van der Waals surface area contributed by atoms with Gasteiger partial charge in [0.1, 0.15) is 0 Å². The summed E-state index contributed by atoms with van der Waals surface area (Å²) in [6.07, 6.45) is 8.28. The summed E-state index contributed by atoms with van der Waals surface area (Å²) in [6.45, 7) is 3.70. The van der Waals surface area contributed by atoms with Crippen LogP contribution in [0.2, 0.25) is 0 Å². The van der Waals surface area contributed by atoms with Crippen molar-refractivity contribution >= 4 is 16.1 Å². The topological polar surface area (TPSA) is 49.4 Å². The highest BCUT2D eigenvalue weighted by atomic mass is 32.2. The zero-order chi connectivity index (χ0) is 17.7. The quantitative estimate of drug-likeness (QED) is 0.849. The van der Waals surface area contributed by atoms with Gasteiger partial charge in [-0.15, -0.1) is 0 Å². The van der Waals surface area contributed by atoms with Crippen molar-refractivity contribution in [2.24, 2.45) is 11.3 Å². The third kappa shape index (κ3) is 3.55. The number of nitrogens with zero attached hydrogens (tertiary/aromatic N) is 1. The molecular weight excluding hydrogens is 332 g/mol. The molecule has 4 rings (SSSR count). The Labute approximate surface area is 151 Å². The molecule has 1 N–H and O–H groups in total. The second-order valence-corrected chi connectivity index (χ2v) is 10.2. The second-order valence-electron chi connectivity index (χ2n) is 8.24. The highest BCUT2D eigenvalue weighted by Crippen LogP contribution is 2.50. The SMILES string of the molecule is CC/C(=C\c1ccccc1)[C@@H]1C[C@H]1NC1CC2(C1)CN(S(C)(=O)=O)C2. The van der Waals surface area contributed by atoms with E-state index >= 15 is 0 Å². The molecule has 1 heterocycles. The molecule has 0 aromatic heterocycles. The molecule has 2 atom stereocenters. The van der Waals surface area contributed by atoms with E-state index in [-0.39, 0.29) is 5.41 Å². The summed E-state index contributed by atoms with van der Waals surface area (Å²) in [6, 6.07) is 11.8. The lowest BCUT2D eigenvalue weighted by atomic mass is 9.61. The first-order valence-electron chi connectivity index (χ1n) is 9.35. The van der Waals surface area contributed by atoms with Gasteiger partial charge in [-0.3, -0.25) is 0 Å². The monoisotopic (exact) mass is 360 g/mol. The first-order valence-corrected chi connectivity index (χ1v) is 11.2. The lowest BCUT2D eigenvalue weighted by Crippen LogP contribution is -2.67. The predicted octanol–water partition coefficient (Wildman–Crippen LogP) is 2.88. The van der Waals surface area contributed by atoms with Gasteiger partial charge in [-0.05, 0) is 37.2 Å². The lowest BCUT2D eigenvalue weighted by molar-refractivity contribution is -0.0341. The Morgan fingerprint density at radius 3 is 2.56 bits per heavy atom. The molecule has 1 saturated heterocycles. The van der Waals surface area contributed by atoms with Gasteiger partial charge in [0, 0.05) is 30.6 Å². The summed E-state index contributed by atoms with van der Waals surface area (Å²) >= 11 is 0. The molecule has 3 fully saturated rings. The summed E-state index contributed by atoms with van der Waals surface area (Å²) in [5.41, 5.74) is 3.12. The summed E-state index contributed by atoms with van der Waals surface area (Å²) in [7, 11) is -2.99. The van der Waals surface area contributed by atoms with Gasteiger partial charge in [0.05, 0.1) is 6.26 Å². The molecule has 1 aromatic rings. The zero-order valence-corrected chi connectivity index (χ0v) is 15.9. The van der Waals surface area contributed by atoms with E-state index in [1.54, 1.807) is 9.88 Å². The number of nitrogens with one attached hydrogen (secondary N) is 1. The number of hydrogen-bond donors (Lipinski definition) is 1. The number of sulfonamides is 1. The summed E-state index contributed by atoms with van der Waals surface area (Å²) in [4.78, 5) is 0. The summed E-state index contributed by atoms with van der Waals surface area (Å²) < 4.78 is 24.6. The van der Waals surface area contributed by atoms with Crippen molar-refractivity contribution < 1.29 is 8.42 Å². The van der Waals surface area contributed by atoms with Crippen LogP contribution >= 0.6 is 0 Å². The van der Waals surface area contributed by atoms with Crippen LogP contribution in [0.4, 0.5) is 0 Å². The molecule has 5 heteroatoms. The first kappa shape index (κ1) is 17.3. The lowest BCUT2D eigenvalue weighted by Gasteiger charge is -2.58. The van der Waals surface area contributed by atoms with Gasteiger partial charge in [-0.2, -0.15) is 0 Å². The average molecular weight is 361 g/mol. The van der Waals surface area contributed by atoms with E-state index in [4.69, 9.17) is 0 Å². The largest absolute Gasteiger partial charge is 0.311 e. The molecule has 2 aliphatic carbocycles. The van der Waals surface area contributed by atoms with E-state index in [0.717, 1.165) is 32.4 Å². The minimum absolute atomic E-state index is 0.276. The Hall–Kier alpha value is -1.17. The minimum Gasteiger partial charge on any atom is -0.311 e. The van der Waals surface area contributed by atoms with Crippen LogP contribution in [0.25, 0.3) is 6.08 Å². The number of benzene rings is 1. The van der Waals surface area contributed by atoms with Crippen LogP contribution in [-0.4, -0.2) is 44.2 Å². The Balaban J connectivity index is 1.26. The van der Waals surface area contributed by atoms with Gasteiger partial charge >= 0.3 is 0 Å². The second kappa shape index (κ2) is 6.22. The fourth-order valence-corrected chi connectivity index (χ4v) is 5.64. The molecule has 0 bridgehead atoms. The van der Waals surface area contributed by atoms with Gasteiger partial charge in [0.25, 0.3) is 0 Å². The van der Waals surface area contributed by atoms with E-state index in [1.807, 2.05) is 0 Å². The Bertz CT molecular complexity index is 758. The smallest absolute Gasteiger partial charge is 0.211 e. The molecule has 0 amide bonds. The molecular formula is C20H28N2O2S. The van der Waals surface area contributed by atoms with E-state index < -0.39 is 10.0 Å². The van der Waals surface area contributed by atoms with Crippen molar-refractivity contribution in [3.05, 3.63) is 41.5 Å². The maximum absolute atomic E-state index is 11.5. The highest BCUT2D eigenvalue weighted by molar-refractivity contribution is 7.88. The molecule has 4 nitrogen and oxygen atoms in total. The van der Waals surface area contributed by atoms with Crippen LogP contribution in [0.3, 0.4) is 0 Å². The van der Waals surface area contributed by atoms with Crippen molar-refractivity contribution in [2.75, 3.05) is 19.3 Å². The molecule has 0 unspecified atom stereocenters. The van der Waals surface area contributed by atoms with Crippen LogP contribution in [0.15, 0.2) is 35.9 Å². The molecule has 0 radical (unpaired) electrons. The maximum atomic E-state index is 11.5. The van der Waals surface area contributed by atoms with Crippen LogP contribution in [-0.2, 0) is 10.0 Å². The number of hydrogen-bond acceptors (Lipinski definition) is 3. The summed E-state index contributed by atoms with van der Waals surface area (Å²) in [5, 5.41) is 3.81. The fraction of sp³-hybridized carbons (Fsp3) is 0.600. The van der Waals surface area contributed by atoms with Gasteiger partial charge in [0.2, 0.25) is 10.0 Å². The molecule has 1 spiro atoms. The van der Waals surface area contributed by atoms with Gasteiger partial charge < -0.3 is 5.32 Å². The first-order chi connectivity index (χ1) is 11.9. The molecule has 3 aliphatic rings.